The van der Waals surface area contributed by atoms with Crippen molar-refractivity contribution in [3.63, 3.8) is 0 Å². The van der Waals surface area contributed by atoms with E-state index in [2.05, 4.69) is 41.2 Å². The van der Waals surface area contributed by atoms with Gasteiger partial charge in [0, 0.05) is 32.6 Å². The monoisotopic (exact) mass is 342 g/mol. The van der Waals surface area contributed by atoms with E-state index in [1.165, 1.54) is 0 Å². The van der Waals surface area contributed by atoms with Gasteiger partial charge in [-0.2, -0.15) is 0 Å². The number of hydrogen-bond donors (Lipinski definition) is 1. The largest absolute Gasteiger partial charge is 0.354 e. The lowest BCUT2D eigenvalue weighted by Gasteiger charge is -2.21. The molecule has 1 N–H and O–H groups in total. The summed E-state index contributed by atoms with van der Waals surface area (Å²) in [5.74, 6) is 0.866. The molecule has 0 spiro atoms. The van der Waals surface area contributed by atoms with Gasteiger partial charge in [0.15, 0.2) is 5.96 Å². The van der Waals surface area contributed by atoms with Gasteiger partial charge in [-0.25, -0.2) is 9.97 Å². The lowest BCUT2D eigenvalue weighted by molar-refractivity contribution is 0.468. The molecule has 0 bridgehead atoms. The smallest absolute Gasteiger partial charge is 0.193 e. The van der Waals surface area contributed by atoms with E-state index in [-0.39, 0.29) is 0 Å². The number of para-hydroxylation sites is 2. The number of thiazole rings is 1. The molecule has 3 rings (SSSR count). The molecule has 6 nitrogen and oxygen atoms in total. The summed E-state index contributed by atoms with van der Waals surface area (Å²) in [6.07, 6.45) is 1.89. The van der Waals surface area contributed by atoms with Crippen molar-refractivity contribution >= 4 is 28.3 Å². The summed E-state index contributed by atoms with van der Waals surface area (Å²) in [5.41, 5.74) is 3.25. The van der Waals surface area contributed by atoms with Crippen LogP contribution in [0.5, 0.6) is 0 Å². The highest BCUT2D eigenvalue weighted by molar-refractivity contribution is 7.09. The number of rotatable bonds is 5. The fourth-order valence-corrected chi connectivity index (χ4v) is 3.26. The van der Waals surface area contributed by atoms with E-state index in [0.717, 1.165) is 47.3 Å². The SMILES string of the molecule is CN=C(NCCn1cnc2ccccc21)N(C)Cc1csc(C)n1. The lowest BCUT2D eigenvalue weighted by Crippen LogP contribution is -2.39. The molecule has 0 atom stereocenters. The molecule has 2 aromatic heterocycles. The van der Waals surface area contributed by atoms with Gasteiger partial charge < -0.3 is 14.8 Å². The van der Waals surface area contributed by atoms with Crippen molar-refractivity contribution in [2.75, 3.05) is 20.6 Å². The van der Waals surface area contributed by atoms with Gasteiger partial charge in [-0.05, 0) is 19.1 Å². The molecule has 0 aliphatic rings. The molecule has 0 radical (unpaired) electrons. The fraction of sp³-hybridized carbons (Fsp3) is 0.353. The van der Waals surface area contributed by atoms with Gasteiger partial charge in [0.25, 0.3) is 0 Å². The molecule has 0 fully saturated rings. The second-order valence-corrected chi connectivity index (χ2v) is 6.68. The van der Waals surface area contributed by atoms with Crippen LogP contribution in [0.4, 0.5) is 0 Å². The number of nitrogens with zero attached hydrogens (tertiary/aromatic N) is 5. The van der Waals surface area contributed by atoms with Gasteiger partial charge in [-0.15, -0.1) is 11.3 Å². The minimum Gasteiger partial charge on any atom is -0.354 e. The van der Waals surface area contributed by atoms with Gasteiger partial charge in [0.2, 0.25) is 0 Å². The number of nitrogens with one attached hydrogen (secondary N) is 1. The first kappa shape index (κ1) is 16.4. The van der Waals surface area contributed by atoms with Crippen LogP contribution in [0, 0.1) is 6.92 Å². The van der Waals surface area contributed by atoms with Crippen molar-refractivity contribution in [2.24, 2.45) is 4.99 Å². The van der Waals surface area contributed by atoms with Crippen molar-refractivity contribution in [1.29, 1.82) is 0 Å². The molecule has 0 saturated carbocycles. The van der Waals surface area contributed by atoms with Gasteiger partial charge in [0.05, 0.1) is 34.6 Å². The maximum atomic E-state index is 4.50. The molecule has 24 heavy (non-hydrogen) atoms. The molecule has 3 aromatic rings. The van der Waals surface area contributed by atoms with E-state index in [1.54, 1.807) is 18.4 Å². The van der Waals surface area contributed by atoms with Crippen molar-refractivity contribution in [2.45, 2.75) is 20.0 Å². The Balaban J connectivity index is 1.56. The fourth-order valence-electron chi connectivity index (χ4n) is 2.66. The highest BCUT2D eigenvalue weighted by atomic mass is 32.1. The molecular weight excluding hydrogens is 320 g/mol. The first-order chi connectivity index (χ1) is 11.7. The number of fused-ring (bicyclic) bond motifs is 1. The number of aryl methyl sites for hydroxylation is 1. The Kier molecular flexibility index (Phi) is 5.10. The number of hydrogen-bond acceptors (Lipinski definition) is 4. The Hall–Kier alpha value is -2.41. The first-order valence-electron chi connectivity index (χ1n) is 7.90. The predicted octanol–water partition coefficient (Wildman–Crippen LogP) is 2.51. The second kappa shape index (κ2) is 7.44. The molecule has 0 aliphatic carbocycles. The maximum absolute atomic E-state index is 4.50. The average Bonchev–Trinajstić information content (AvgIpc) is 3.18. The highest BCUT2D eigenvalue weighted by Gasteiger charge is 2.08. The van der Waals surface area contributed by atoms with Gasteiger partial charge in [-0.3, -0.25) is 4.99 Å². The quantitative estimate of drug-likeness (QED) is 0.572. The zero-order chi connectivity index (χ0) is 16.9. The van der Waals surface area contributed by atoms with Crippen LogP contribution in [-0.2, 0) is 13.1 Å². The van der Waals surface area contributed by atoms with E-state index in [4.69, 9.17) is 0 Å². The summed E-state index contributed by atoms with van der Waals surface area (Å²) >= 11 is 1.67. The normalized spacial score (nSPS) is 11.9. The van der Waals surface area contributed by atoms with Crippen molar-refractivity contribution in [3.05, 3.63) is 46.7 Å². The van der Waals surface area contributed by atoms with Crippen LogP contribution >= 0.6 is 11.3 Å². The molecule has 7 heteroatoms. The number of aromatic nitrogens is 3. The molecular formula is C17H22N6S. The molecule has 0 aliphatic heterocycles. The van der Waals surface area contributed by atoms with Crippen LogP contribution in [0.2, 0.25) is 0 Å². The van der Waals surface area contributed by atoms with E-state index >= 15 is 0 Å². The molecule has 0 saturated heterocycles. The number of aliphatic imine (C=N–C) groups is 1. The maximum Gasteiger partial charge on any atom is 0.193 e. The third-order valence-electron chi connectivity index (χ3n) is 3.80. The van der Waals surface area contributed by atoms with Gasteiger partial charge >= 0.3 is 0 Å². The molecule has 1 aromatic carbocycles. The Bertz CT molecular complexity index is 834. The summed E-state index contributed by atoms with van der Waals surface area (Å²) in [7, 11) is 3.83. The van der Waals surface area contributed by atoms with Crippen LogP contribution in [0.1, 0.15) is 10.7 Å². The third kappa shape index (κ3) is 3.73. The second-order valence-electron chi connectivity index (χ2n) is 5.61. The Morgan fingerprint density at radius 2 is 2.21 bits per heavy atom. The van der Waals surface area contributed by atoms with Crippen LogP contribution < -0.4 is 5.32 Å². The zero-order valence-electron chi connectivity index (χ0n) is 14.2. The topological polar surface area (TPSA) is 58.3 Å². The Labute approximate surface area is 145 Å². The van der Waals surface area contributed by atoms with Crippen LogP contribution in [0.15, 0.2) is 41.0 Å². The molecule has 126 valence electrons. The molecule has 0 unspecified atom stereocenters. The van der Waals surface area contributed by atoms with Crippen LogP contribution in [-0.4, -0.2) is 46.0 Å². The van der Waals surface area contributed by atoms with Gasteiger partial charge in [-0.1, -0.05) is 12.1 Å². The first-order valence-corrected chi connectivity index (χ1v) is 8.78. The Morgan fingerprint density at radius 3 is 2.96 bits per heavy atom. The zero-order valence-corrected chi connectivity index (χ0v) is 15.0. The van der Waals surface area contributed by atoms with E-state index in [0.29, 0.717) is 0 Å². The summed E-state index contributed by atoms with van der Waals surface area (Å²) in [4.78, 5) is 15.4. The van der Waals surface area contributed by atoms with E-state index in [9.17, 15) is 0 Å². The van der Waals surface area contributed by atoms with Crippen LogP contribution in [0.3, 0.4) is 0 Å². The highest BCUT2D eigenvalue weighted by Crippen LogP contribution is 2.11. The lowest BCUT2D eigenvalue weighted by atomic mass is 10.3. The minimum atomic E-state index is 0.748. The van der Waals surface area contributed by atoms with Crippen molar-refractivity contribution < 1.29 is 0 Å². The molecule has 2 heterocycles. The van der Waals surface area contributed by atoms with Crippen LogP contribution in [0.25, 0.3) is 11.0 Å². The van der Waals surface area contributed by atoms with E-state index in [1.807, 2.05) is 38.5 Å². The summed E-state index contributed by atoms with van der Waals surface area (Å²) < 4.78 is 2.15. The van der Waals surface area contributed by atoms with Crippen molar-refractivity contribution in [3.8, 4) is 0 Å². The minimum absolute atomic E-state index is 0.748. The number of benzene rings is 1. The third-order valence-corrected chi connectivity index (χ3v) is 4.62. The molecule has 0 amide bonds. The summed E-state index contributed by atoms with van der Waals surface area (Å²) in [6, 6.07) is 8.17. The van der Waals surface area contributed by atoms with Crippen molar-refractivity contribution in [1.82, 2.24) is 24.8 Å². The average molecular weight is 342 g/mol. The standard InChI is InChI=1S/C17H22N6S/c1-13-21-14(11-24-13)10-22(3)17(18-2)19-8-9-23-12-20-15-6-4-5-7-16(15)23/h4-7,11-12H,8-10H2,1-3H3,(H,18,19). The number of imidazole rings is 1. The summed E-state index contributed by atoms with van der Waals surface area (Å²) in [5, 5.41) is 6.59. The predicted molar refractivity (Wildman–Crippen MR) is 99.4 cm³/mol. The van der Waals surface area contributed by atoms with Gasteiger partial charge in [0.1, 0.15) is 0 Å². The van der Waals surface area contributed by atoms with E-state index < -0.39 is 0 Å². The summed E-state index contributed by atoms with van der Waals surface area (Å²) in [6.45, 7) is 4.39. The Morgan fingerprint density at radius 1 is 1.38 bits per heavy atom. The number of guanidine groups is 1.